The van der Waals surface area contributed by atoms with Crippen LogP contribution in [0.2, 0.25) is 0 Å². The Bertz CT molecular complexity index is 434. The van der Waals surface area contributed by atoms with Gasteiger partial charge in [0.25, 0.3) is 0 Å². The first-order chi connectivity index (χ1) is 8.80. The van der Waals surface area contributed by atoms with Gasteiger partial charge in [-0.15, -0.1) is 0 Å². The molecule has 0 spiro atoms. The summed E-state index contributed by atoms with van der Waals surface area (Å²) in [6.45, 7) is 2.41. The minimum absolute atomic E-state index is 0.125. The third kappa shape index (κ3) is 5.15. The maximum atomic E-state index is 12.5. The number of nitrogens with one attached hydrogen (secondary N) is 1. The highest BCUT2D eigenvalue weighted by molar-refractivity contribution is 5.72. The van der Waals surface area contributed by atoms with Crippen LogP contribution in [-0.4, -0.2) is 31.0 Å². The molecule has 1 aromatic heterocycles. The van der Waals surface area contributed by atoms with E-state index in [0.29, 0.717) is 19.5 Å². The van der Waals surface area contributed by atoms with Crippen LogP contribution in [-0.2, 0) is 11.0 Å². The molecule has 0 bridgehead atoms. The summed E-state index contributed by atoms with van der Waals surface area (Å²) in [4.78, 5) is 16.2. The fraction of sp³-hybridized carbons (Fsp3) is 0.500. The molecule has 0 unspecified atom stereocenters. The van der Waals surface area contributed by atoms with Gasteiger partial charge in [0.2, 0.25) is 5.91 Å². The molecule has 1 amide bonds. The Morgan fingerprint density at radius 2 is 2.16 bits per heavy atom. The lowest BCUT2D eigenvalue weighted by molar-refractivity contribution is -0.137. The van der Waals surface area contributed by atoms with Crippen LogP contribution in [0.15, 0.2) is 18.3 Å². The fourth-order valence-electron chi connectivity index (χ4n) is 1.50. The number of amides is 1. The molecule has 0 saturated heterocycles. The lowest BCUT2D eigenvalue weighted by Gasteiger charge is -2.19. The van der Waals surface area contributed by atoms with E-state index in [1.807, 2.05) is 0 Å². The van der Waals surface area contributed by atoms with Crippen LogP contribution in [0, 0.1) is 0 Å². The maximum absolute atomic E-state index is 12.5. The number of aromatic nitrogens is 1. The van der Waals surface area contributed by atoms with Crippen LogP contribution in [0.25, 0.3) is 0 Å². The monoisotopic (exact) mass is 275 g/mol. The van der Waals surface area contributed by atoms with Gasteiger partial charge in [0.05, 0.1) is 5.56 Å². The molecule has 0 radical (unpaired) electrons. The second kappa shape index (κ2) is 6.40. The van der Waals surface area contributed by atoms with Gasteiger partial charge in [0, 0.05) is 33.3 Å². The van der Waals surface area contributed by atoms with E-state index < -0.39 is 11.7 Å². The molecule has 106 valence electrons. The molecule has 1 aromatic rings. The van der Waals surface area contributed by atoms with Crippen molar-refractivity contribution in [3.05, 3.63) is 23.9 Å². The summed E-state index contributed by atoms with van der Waals surface area (Å²) in [5.74, 6) is 0.137. The predicted molar refractivity (Wildman–Crippen MR) is 65.8 cm³/mol. The number of hydrogen-bond acceptors (Lipinski definition) is 3. The number of alkyl halides is 3. The number of nitrogens with zero attached hydrogens (tertiary/aromatic N) is 2. The molecule has 0 fully saturated rings. The minimum Gasteiger partial charge on any atom is -0.360 e. The van der Waals surface area contributed by atoms with Crippen molar-refractivity contribution in [3.63, 3.8) is 0 Å². The Morgan fingerprint density at radius 1 is 1.47 bits per heavy atom. The number of anilines is 1. The van der Waals surface area contributed by atoms with Crippen molar-refractivity contribution < 1.29 is 18.0 Å². The highest BCUT2D eigenvalue weighted by Gasteiger charge is 2.30. The first-order valence-corrected chi connectivity index (χ1v) is 5.79. The van der Waals surface area contributed by atoms with Crippen molar-refractivity contribution in [1.82, 2.24) is 10.3 Å². The summed E-state index contributed by atoms with van der Waals surface area (Å²) in [7, 11) is 1.66. The fourth-order valence-corrected chi connectivity index (χ4v) is 1.50. The first-order valence-electron chi connectivity index (χ1n) is 5.79. The molecule has 7 heteroatoms. The molecule has 1 rings (SSSR count). The molecule has 0 aromatic carbocycles. The number of halogens is 3. The molecule has 1 heterocycles. The average molecular weight is 275 g/mol. The van der Waals surface area contributed by atoms with E-state index in [-0.39, 0.29) is 11.7 Å². The third-order valence-corrected chi connectivity index (χ3v) is 2.51. The molecule has 0 aliphatic heterocycles. The largest absolute Gasteiger partial charge is 0.416 e. The van der Waals surface area contributed by atoms with Crippen LogP contribution in [0.5, 0.6) is 0 Å². The van der Waals surface area contributed by atoms with Gasteiger partial charge in [-0.25, -0.2) is 4.98 Å². The van der Waals surface area contributed by atoms with Crippen molar-refractivity contribution >= 4 is 11.7 Å². The van der Waals surface area contributed by atoms with Crippen LogP contribution in [0.4, 0.5) is 19.0 Å². The minimum atomic E-state index is -4.37. The van der Waals surface area contributed by atoms with Crippen LogP contribution >= 0.6 is 0 Å². The summed E-state index contributed by atoms with van der Waals surface area (Å²) in [5, 5.41) is 2.62. The number of carbonyl (C=O) groups excluding carboxylic acids is 1. The lowest BCUT2D eigenvalue weighted by Crippen LogP contribution is -2.26. The zero-order valence-corrected chi connectivity index (χ0v) is 10.8. The number of carbonyl (C=O) groups is 1. The third-order valence-electron chi connectivity index (χ3n) is 2.51. The SMILES string of the molecule is CC(=O)NCCCN(C)c1cc(C(F)(F)F)ccn1. The summed E-state index contributed by atoms with van der Waals surface area (Å²) >= 11 is 0. The van der Waals surface area contributed by atoms with Gasteiger partial charge in [0.15, 0.2) is 0 Å². The summed E-state index contributed by atoms with van der Waals surface area (Å²) in [6, 6.07) is 1.95. The van der Waals surface area contributed by atoms with Crippen LogP contribution < -0.4 is 10.2 Å². The molecule has 0 aliphatic rings. The van der Waals surface area contributed by atoms with Gasteiger partial charge in [-0.2, -0.15) is 13.2 Å². The second-order valence-electron chi connectivity index (χ2n) is 4.16. The van der Waals surface area contributed by atoms with Crippen LogP contribution in [0.3, 0.4) is 0 Å². The summed E-state index contributed by atoms with van der Waals surface area (Å²) in [5.41, 5.74) is -0.716. The van der Waals surface area contributed by atoms with E-state index in [1.54, 1.807) is 11.9 Å². The van der Waals surface area contributed by atoms with E-state index in [4.69, 9.17) is 0 Å². The topological polar surface area (TPSA) is 45.2 Å². The Kier molecular flexibility index (Phi) is 5.14. The van der Waals surface area contributed by atoms with Gasteiger partial charge in [0.1, 0.15) is 5.82 Å². The molecular formula is C12H16F3N3O. The van der Waals surface area contributed by atoms with Crippen molar-refractivity contribution in [3.8, 4) is 0 Å². The van der Waals surface area contributed by atoms with Crippen molar-refractivity contribution in [1.29, 1.82) is 0 Å². The van der Waals surface area contributed by atoms with E-state index in [1.165, 1.54) is 6.92 Å². The van der Waals surface area contributed by atoms with Gasteiger partial charge in [-0.1, -0.05) is 0 Å². The zero-order valence-electron chi connectivity index (χ0n) is 10.8. The van der Waals surface area contributed by atoms with Gasteiger partial charge < -0.3 is 10.2 Å². The maximum Gasteiger partial charge on any atom is 0.416 e. The standard InChI is InChI=1S/C12H16F3N3O/c1-9(19)16-5-3-7-18(2)11-8-10(4-6-17-11)12(13,14)15/h4,6,8H,3,5,7H2,1-2H3,(H,16,19). The Labute approximate surface area is 109 Å². The normalized spacial score (nSPS) is 11.2. The van der Waals surface area contributed by atoms with Crippen molar-refractivity contribution in [2.45, 2.75) is 19.5 Å². The van der Waals surface area contributed by atoms with E-state index >= 15 is 0 Å². The Morgan fingerprint density at radius 3 is 2.74 bits per heavy atom. The van der Waals surface area contributed by atoms with E-state index in [9.17, 15) is 18.0 Å². The number of rotatable bonds is 5. The summed E-state index contributed by atoms with van der Waals surface area (Å²) < 4.78 is 37.6. The van der Waals surface area contributed by atoms with Gasteiger partial charge in [-0.3, -0.25) is 4.79 Å². The molecule has 4 nitrogen and oxygen atoms in total. The molecule has 0 atom stereocenters. The number of hydrogen-bond donors (Lipinski definition) is 1. The quantitative estimate of drug-likeness (QED) is 0.837. The zero-order chi connectivity index (χ0) is 14.5. The highest BCUT2D eigenvalue weighted by atomic mass is 19.4. The average Bonchev–Trinajstić information content (AvgIpc) is 2.33. The van der Waals surface area contributed by atoms with Crippen LogP contribution in [0.1, 0.15) is 18.9 Å². The van der Waals surface area contributed by atoms with Crippen molar-refractivity contribution in [2.75, 3.05) is 25.0 Å². The Hall–Kier alpha value is -1.79. The summed E-state index contributed by atoms with van der Waals surface area (Å²) in [6.07, 6.45) is -2.59. The van der Waals surface area contributed by atoms with Gasteiger partial charge in [-0.05, 0) is 18.6 Å². The molecular weight excluding hydrogens is 259 g/mol. The second-order valence-corrected chi connectivity index (χ2v) is 4.16. The number of pyridine rings is 1. The van der Waals surface area contributed by atoms with E-state index in [2.05, 4.69) is 10.3 Å². The smallest absolute Gasteiger partial charge is 0.360 e. The molecule has 0 saturated carbocycles. The van der Waals surface area contributed by atoms with Gasteiger partial charge >= 0.3 is 6.18 Å². The van der Waals surface area contributed by atoms with Crippen molar-refractivity contribution in [2.24, 2.45) is 0 Å². The predicted octanol–water partition coefficient (Wildman–Crippen LogP) is 2.06. The van der Waals surface area contributed by atoms with E-state index in [0.717, 1.165) is 18.3 Å². The lowest BCUT2D eigenvalue weighted by atomic mass is 10.2. The molecule has 1 N–H and O–H groups in total. The highest BCUT2D eigenvalue weighted by Crippen LogP contribution is 2.30. The first kappa shape index (κ1) is 15.3. The molecule has 0 aliphatic carbocycles. The Balaban J connectivity index is 2.57. The molecule has 19 heavy (non-hydrogen) atoms.